The molecular weight excluding hydrogens is 483 g/mol. The van der Waals surface area contributed by atoms with E-state index in [2.05, 4.69) is 5.32 Å². The third kappa shape index (κ3) is 4.78. The van der Waals surface area contributed by atoms with Gasteiger partial charge in [0.1, 0.15) is 6.61 Å². The zero-order valence-electron chi connectivity index (χ0n) is 19.3. The van der Waals surface area contributed by atoms with Gasteiger partial charge in [-0.15, -0.1) is 0 Å². The molecule has 37 heavy (non-hydrogen) atoms. The van der Waals surface area contributed by atoms with Crippen LogP contribution in [-0.2, 0) is 10.9 Å². The van der Waals surface area contributed by atoms with Gasteiger partial charge in [-0.1, -0.05) is 66.7 Å². The summed E-state index contributed by atoms with van der Waals surface area (Å²) >= 11 is 0. The van der Waals surface area contributed by atoms with E-state index in [-0.39, 0.29) is 34.9 Å². The summed E-state index contributed by atoms with van der Waals surface area (Å²) in [5.41, 5.74) is 3.54. The van der Waals surface area contributed by atoms with Crippen molar-refractivity contribution in [2.45, 2.75) is 12.1 Å². The van der Waals surface area contributed by atoms with Gasteiger partial charge < -0.3 is 9.84 Å². The van der Waals surface area contributed by atoms with Gasteiger partial charge in [-0.3, -0.25) is 5.32 Å². The molecule has 2 N–H and O–H groups in total. The van der Waals surface area contributed by atoms with Crippen LogP contribution >= 0.6 is 0 Å². The highest BCUT2D eigenvalue weighted by Gasteiger charge is 2.31. The van der Waals surface area contributed by atoms with Crippen molar-refractivity contribution in [1.82, 2.24) is 0 Å². The monoisotopic (exact) mass is 503 g/mol. The summed E-state index contributed by atoms with van der Waals surface area (Å²) in [6.45, 7) is 0.0462. The van der Waals surface area contributed by atoms with Crippen LogP contribution in [0.5, 0.6) is 0 Å². The van der Waals surface area contributed by atoms with E-state index in [1.54, 1.807) is 0 Å². The summed E-state index contributed by atoms with van der Waals surface area (Å²) in [4.78, 5) is 24.5. The fourth-order valence-electron chi connectivity index (χ4n) is 4.63. The number of carboxylic acid groups (broad SMARTS) is 1. The molecule has 0 heterocycles. The van der Waals surface area contributed by atoms with E-state index < -0.39 is 23.8 Å². The van der Waals surface area contributed by atoms with Crippen LogP contribution in [-0.4, -0.2) is 23.8 Å². The lowest BCUT2D eigenvalue weighted by Crippen LogP contribution is -2.19. The summed E-state index contributed by atoms with van der Waals surface area (Å²) in [6, 6.07) is 24.3. The molecule has 0 fully saturated rings. The van der Waals surface area contributed by atoms with Gasteiger partial charge in [-0.25, -0.2) is 9.59 Å². The molecule has 0 aromatic heterocycles. The fourth-order valence-corrected chi connectivity index (χ4v) is 4.63. The van der Waals surface area contributed by atoms with Crippen LogP contribution in [0, 0.1) is 0 Å². The number of rotatable bonds is 5. The lowest BCUT2D eigenvalue weighted by atomic mass is 9.98. The number of carbonyl (C=O) groups excluding carboxylic acids is 1. The van der Waals surface area contributed by atoms with Crippen molar-refractivity contribution in [2.75, 3.05) is 11.9 Å². The highest BCUT2D eigenvalue weighted by Crippen LogP contribution is 2.44. The van der Waals surface area contributed by atoms with Gasteiger partial charge in [0, 0.05) is 5.92 Å². The quantitative estimate of drug-likeness (QED) is 0.297. The molecule has 1 aliphatic rings. The van der Waals surface area contributed by atoms with Crippen molar-refractivity contribution in [1.29, 1.82) is 0 Å². The molecule has 5 rings (SSSR count). The molecule has 1 aliphatic carbocycles. The second-order valence-electron chi connectivity index (χ2n) is 8.59. The first-order valence-electron chi connectivity index (χ1n) is 11.4. The number of halogens is 3. The molecule has 186 valence electrons. The van der Waals surface area contributed by atoms with Gasteiger partial charge in [0.25, 0.3) is 0 Å². The first-order valence-corrected chi connectivity index (χ1v) is 11.4. The summed E-state index contributed by atoms with van der Waals surface area (Å²) in [6.07, 6.45) is -5.37. The van der Waals surface area contributed by atoms with E-state index in [9.17, 15) is 27.9 Å². The molecule has 0 saturated heterocycles. The predicted octanol–water partition coefficient (Wildman–Crippen LogP) is 7.43. The normalized spacial score (nSPS) is 12.5. The van der Waals surface area contributed by atoms with Gasteiger partial charge in [-0.2, -0.15) is 13.2 Å². The molecular formula is C29H20F3NO4. The Hall–Kier alpha value is -4.59. The Morgan fingerprint density at radius 3 is 2.05 bits per heavy atom. The maximum absolute atomic E-state index is 13.1. The SMILES string of the molecule is O=C(Nc1ccc(-c2cccc(C(F)(F)F)c2)cc1C(=O)O)OCC1c2ccccc2-c2ccccc21. The number of amides is 1. The minimum Gasteiger partial charge on any atom is -0.478 e. The smallest absolute Gasteiger partial charge is 0.416 e. The Kier molecular flexibility index (Phi) is 6.17. The number of benzene rings is 4. The highest BCUT2D eigenvalue weighted by molar-refractivity contribution is 6.00. The number of anilines is 1. The topological polar surface area (TPSA) is 75.6 Å². The number of fused-ring (bicyclic) bond motifs is 3. The Balaban J connectivity index is 1.34. The first kappa shape index (κ1) is 24.1. The van der Waals surface area contributed by atoms with Crippen molar-refractivity contribution in [3.63, 3.8) is 0 Å². The Morgan fingerprint density at radius 1 is 0.811 bits per heavy atom. The minimum absolute atomic E-state index is 0.0274. The maximum atomic E-state index is 13.1. The number of carboxylic acids is 1. The van der Waals surface area contributed by atoms with Crippen molar-refractivity contribution in [3.8, 4) is 22.3 Å². The van der Waals surface area contributed by atoms with Gasteiger partial charge >= 0.3 is 18.2 Å². The van der Waals surface area contributed by atoms with E-state index in [4.69, 9.17) is 4.74 Å². The summed E-state index contributed by atoms with van der Waals surface area (Å²) in [5.74, 6) is -1.51. The molecule has 4 aromatic rings. The van der Waals surface area contributed by atoms with E-state index in [0.717, 1.165) is 34.4 Å². The average molecular weight is 503 g/mol. The standard InChI is InChI=1S/C29H20F3NO4/c30-29(31,32)19-7-5-6-17(14-19)18-12-13-26(24(15-18)27(34)35)33-28(36)37-16-25-22-10-3-1-8-20(22)21-9-2-4-11-23(21)25/h1-15,25H,16H2,(H,33,36)(H,34,35). The third-order valence-electron chi connectivity index (χ3n) is 6.35. The van der Waals surface area contributed by atoms with Crippen LogP contribution in [0.25, 0.3) is 22.3 Å². The molecule has 1 amide bonds. The van der Waals surface area contributed by atoms with Crippen molar-refractivity contribution >= 4 is 17.7 Å². The Morgan fingerprint density at radius 2 is 1.43 bits per heavy atom. The molecule has 4 aromatic carbocycles. The van der Waals surface area contributed by atoms with Gasteiger partial charge in [0.2, 0.25) is 0 Å². The Bertz CT molecular complexity index is 1470. The van der Waals surface area contributed by atoms with Crippen LogP contribution in [0.4, 0.5) is 23.7 Å². The van der Waals surface area contributed by atoms with Gasteiger partial charge in [0.05, 0.1) is 16.8 Å². The minimum atomic E-state index is -4.53. The largest absolute Gasteiger partial charge is 0.478 e. The second-order valence-corrected chi connectivity index (χ2v) is 8.59. The first-order chi connectivity index (χ1) is 17.7. The number of hydrogen-bond acceptors (Lipinski definition) is 3. The van der Waals surface area contributed by atoms with Gasteiger partial charge in [0.15, 0.2) is 0 Å². The molecule has 0 spiro atoms. The molecule has 5 nitrogen and oxygen atoms in total. The predicted molar refractivity (Wildman–Crippen MR) is 133 cm³/mol. The van der Waals surface area contributed by atoms with Crippen LogP contribution in [0.3, 0.4) is 0 Å². The van der Waals surface area contributed by atoms with Crippen molar-refractivity contribution in [2.24, 2.45) is 0 Å². The van der Waals surface area contributed by atoms with E-state index >= 15 is 0 Å². The zero-order chi connectivity index (χ0) is 26.2. The number of hydrogen-bond donors (Lipinski definition) is 2. The number of alkyl halides is 3. The van der Waals surface area contributed by atoms with E-state index in [0.29, 0.717) is 0 Å². The highest BCUT2D eigenvalue weighted by atomic mass is 19.4. The second kappa shape index (κ2) is 9.46. The van der Waals surface area contributed by atoms with Crippen molar-refractivity contribution in [3.05, 3.63) is 113 Å². The van der Waals surface area contributed by atoms with Crippen LogP contribution in [0.2, 0.25) is 0 Å². The zero-order valence-corrected chi connectivity index (χ0v) is 19.3. The number of ether oxygens (including phenoxy) is 1. The maximum Gasteiger partial charge on any atom is 0.416 e. The average Bonchev–Trinajstić information content (AvgIpc) is 3.21. The molecule has 0 atom stereocenters. The third-order valence-corrected chi connectivity index (χ3v) is 6.35. The van der Waals surface area contributed by atoms with E-state index in [1.165, 1.54) is 30.3 Å². The van der Waals surface area contributed by atoms with Gasteiger partial charge in [-0.05, 0) is 57.6 Å². The molecule has 0 saturated carbocycles. The fraction of sp³-hybridized carbons (Fsp3) is 0.103. The molecule has 0 radical (unpaired) electrons. The van der Waals surface area contributed by atoms with Crippen LogP contribution in [0.15, 0.2) is 91.0 Å². The number of nitrogens with one attached hydrogen (secondary N) is 1. The lowest BCUT2D eigenvalue weighted by Gasteiger charge is -2.16. The molecule has 0 unspecified atom stereocenters. The summed E-state index contributed by atoms with van der Waals surface area (Å²) < 4.78 is 44.8. The molecule has 8 heteroatoms. The molecule has 0 aliphatic heterocycles. The van der Waals surface area contributed by atoms with Crippen LogP contribution in [0.1, 0.15) is 33.0 Å². The van der Waals surface area contributed by atoms with Crippen LogP contribution < -0.4 is 5.32 Å². The van der Waals surface area contributed by atoms with E-state index in [1.807, 2.05) is 48.5 Å². The van der Waals surface area contributed by atoms with Crippen molar-refractivity contribution < 1.29 is 32.6 Å². The summed E-state index contributed by atoms with van der Waals surface area (Å²) in [5, 5.41) is 12.1. The lowest BCUT2D eigenvalue weighted by molar-refractivity contribution is -0.137. The molecule has 0 bridgehead atoms. The number of carbonyl (C=O) groups is 2. The summed E-state index contributed by atoms with van der Waals surface area (Å²) in [7, 11) is 0. The number of aromatic carboxylic acids is 1. The Labute approximate surface area is 210 Å².